The minimum Gasteiger partial charge on any atom is -0.343 e. The molecular formula is C28H27FN4O. The number of carbonyl (C=O) groups excluding carboxylic acids is 1. The first-order valence-electron chi connectivity index (χ1n) is 11.7. The molecule has 0 aliphatic carbocycles. The van der Waals surface area contributed by atoms with E-state index in [0.29, 0.717) is 0 Å². The smallest absolute Gasteiger partial charge is 0.224 e. The lowest BCUT2D eigenvalue weighted by Crippen LogP contribution is -2.41. The van der Waals surface area contributed by atoms with Crippen LogP contribution < -0.4 is 5.32 Å². The van der Waals surface area contributed by atoms with E-state index in [1.807, 2.05) is 60.8 Å². The molecule has 6 heteroatoms. The second-order valence-corrected chi connectivity index (χ2v) is 8.79. The molecule has 0 spiro atoms. The van der Waals surface area contributed by atoms with Gasteiger partial charge in [-0.1, -0.05) is 42.5 Å². The van der Waals surface area contributed by atoms with Crippen LogP contribution in [-0.2, 0) is 11.3 Å². The lowest BCUT2D eigenvalue weighted by Gasteiger charge is -2.32. The average molecular weight is 455 g/mol. The van der Waals surface area contributed by atoms with Gasteiger partial charge >= 0.3 is 0 Å². The molecule has 0 saturated carbocycles. The molecule has 172 valence electrons. The summed E-state index contributed by atoms with van der Waals surface area (Å²) in [6, 6.07) is 23.6. The number of para-hydroxylation sites is 1. The van der Waals surface area contributed by atoms with Crippen molar-refractivity contribution in [3.63, 3.8) is 0 Å². The molecule has 1 unspecified atom stereocenters. The highest BCUT2D eigenvalue weighted by molar-refractivity contribution is 5.81. The zero-order valence-electron chi connectivity index (χ0n) is 18.9. The molecule has 1 atom stereocenters. The van der Waals surface area contributed by atoms with Crippen LogP contribution in [0.15, 0.2) is 85.1 Å². The van der Waals surface area contributed by atoms with E-state index in [4.69, 9.17) is 4.98 Å². The van der Waals surface area contributed by atoms with Crippen molar-refractivity contribution >= 4 is 16.8 Å². The van der Waals surface area contributed by atoms with Gasteiger partial charge in [-0.05, 0) is 67.9 Å². The van der Waals surface area contributed by atoms with Crippen molar-refractivity contribution in [2.24, 2.45) is 5.92 Å². The number of likely N-dealkylation sites (tertiary alicyclic amines) is 1. The van der Waals surface area contributed by atoms with Crippen LogP contribution in [0.1, 0.15) is 35.8 Å². The summed E-state index contributed by atoms with van der Waals surface area (Å²) in [5.41, 5.74) is 3.46. The number of pyridine rings is 2. The maximum Gasteiger partial charge on any atom is 0.224 e. The standard InChI is InChI=1S/C28H27FN4O/c29-23-11-8-21(9-12-23)27(26-13-10-20-5-1-2-7-25(20)31-26)32-28(34)22-14-17-33(18-15-22)19-24-6-3-4-16-30-24/h1-13,16,22,27H,14-15,17-19H2,(H,32,34). The molecule has 34 heavy (non-hydrogen) atoms. The van der Waals surface area contributed by atoms with E-state index in [0.717, 1.165) is 60.3 Å². The predicted octanol–water partition coefficient (Wildman–Crippen LogP) is 4.89. The van der Waals surface area contributed by atoms with Gasteiger partial charge in [0.2, 0.25) is 5.91 Å². The van der Waals surface area contributed by atoms with Gasteiger partial charge in [0, 0.05) is 24.0 Å². The van der Waals surface area contributed by atoms with Crippen LogP contribution >= 0.6 is 0 Å². The van der Waals surface area contributed by atoms with Gasteiger partial charge in [-0.2, -0.15) is 0 Å². The quantitative estimate of drug-likeness (QED) is 0.451. The summed E-state index contributed by atoms with van der Waals surface area (Å²) in [4.78, 5) is 24.9. The van der Waals surface area contributed by atoms with E-state index in [1.54, 1.807) is 12.1 Å². The Morgan fingerprint density at radius 3 is 2.50 bits per heavy atom. The van der Waals surface area contributed by atoms with Crippen molar-refractivity contribution in [3.05, 3.63) is 108 Å². The SMILES string of the molecule is O=C(NC(c1ccc(F)cc1)c1ccc2ccccc2n1)C1CCN(Cc2ccccn2)CC1. The van der Waals surface area contributed by atoms with Gasteiger partial charge in [0.05, 0.1) is 22.9 Å². The van der Waals surface area contributed by atoms with E-state index in [1.165, 1.54) is 12.1 Å². The molecular weight excluding hydrogens is 427 g/mol. The van der Waals surface area contributed by atoms with Crippen molar-refractivity contribution in [2.45, 2.75) is 25.4 Å². The van der Waals surface area contributed by atoms with Crippen molar-refractivity contribution in [1.29, 1.82) is 0 Å². The van der Waals surface area contributed by atoms with E-state index in [9.17, 15) is 9.18 Å². The molecule has 1 N–H and O–H groups in total. The van der Waals surface area contributed by atoms with Crippen molar-refractivity contribution in [3.8, 4) is 0 Å². The van der Waals surface area contributed by atoms with Gasteiger partial charge in [-0.15, -0.1) is 0 Å². The molecule has 3 heterocycles. The number of fused-ring (bicyclic) bond motifs is 1. The Morgan fingerprint density at radius 1 is 0.971 bits per heavy atom. The number of piperidine rings is 1. The normalized spacial score (nSPS) is 15.8. The third-order valence-corrected chi connectivity index (χ3v) is 6.48. The van der Waals surface area contributed by atoms with Gasteiger partial charge in [0.1, 0.15) is 5.82 Å². The fraction of sp³-hybridized carbons (Fsp3) is 0.250. The largest absolute Gasteiger partial charge is 0.343 e. The van der Waals surface area contributed by atoms with Crippen molar-refractivity contribution < 1.29 is 9.18 Å². The van der Waals surface area contributed by atoms with Crippen molar-refractivity contribution in [2.75, 3.05) is 13.1 Å². The Balaban J connectivity index is 1.31. The maximum absolute atomic E-state index is 13.6. The molecule has 4 aromatic rings. The molecule has 1 amide bonds. The topological polar surface area (TPSA) is 58.1 Å². The second-order valence-electron chi connectivity index (χ2n) is 8.79. The molecule has 1 aliphatic heterocycles. The van der Waals surface area contributed by atoms with Crippen LogP contribution in [0.5, 0.6) is 0 Å². The summed E-state index contributed by atoms with van der Waals surface area (Å²) in [6.45, 7) is 2.50. The fourth-order valence-corrected chi connectivity index (χ4v) is 4.56. The third kappa shape index (κ3) is 5.13. The molecule has 1 fully saturated rings. The molecule has 1 saturated heterocycles. The summed E-state index contributed by atoms with van der Waals surface area (Å²) in [7, 11) is 0. The molecule has 5 rings (SSSR count). The zero-order chi connectivity index (χ0) is 23.3. The molecule has 2 aromatic carbocycles. The van der Waals surface area contributed by atoms with Crippen LogP contribution in [0.2, 0.25) is 0 Å². The van der Waals surface area contributed by atoms with Crippen LogP contribution in [0.25, 0.3) is 10.9 Å². The number of carbonyl (C=O) groups is 1. The van der Waals surface area contributed by atoms with Crippen LogP contribution in [0.4, 0.5) is 4.39 Å². The van der Waals surface area contributed by atoms with Crippen LogP contribution in [0.3, 0.4) is 0 Å². The molecule has 1 aliphatic rings. The Bertz CT molecular complexity index is 1250. The molecule has 0 radical (unpaired) electrons. The average Bonchev–Trinajstić information content (AvgIpc) is 2.88. The minimum atomic E-state index is -0.441. The van der Waals surface area contributed by atoms with E-state index >= 15 is 0 Å². The van der Waals surface area contributed by atoms with E-state index < -0.39 is 6.04 Å². The first-order chi connectivity index (χ1) is 16.7. The van der Waals surface area contributed by atoms with Crippen molar-refractivity contribution in [1.82, 2.24) is 20.2 Å². The fourth-order valence-electron chi connectivity index (χ4n) is 4.56. The minimum absolute atomic E-state index is 0.0155. The van der Waals surface area contributed by atoms with Gasteiger partial charge in [0.25, 0.3) is 0 Å². The summed E-state index contributed by atoms with van der Waals surface area (Å²) >= 11 is 0. The van der Waals surface area contributed by atoms with Gasteiger partial charge < -0.3 is 5.32 Å². The number of amides is 1. The zero-order valence-corrected chi connectivity index (χ0v) is 18.9. The summed E-state index contributed by atoms with van der Waals surface area (Å²) in [6.07, 6.45) is 3.39. The van der Waals surface area contributed by atoms with E-state index in [2.05, 4.69) is 15.2 Å². The predicted molar refractivity (Wildman–Crippen MR) is 130 cm³/mol. The van der Waals surface area contributed by atoms with Crippen LogP contribution in [0, 0.1) is 11.7 Å². The molecule has 5 nitrogen and oxygen atoms in total. The maximum atomic E-state index is 13.6. The lowest BCUT2D eigenvalue weighted by atomic mass is 9.94. The lowest BCUT2D eigenvalue weighted by molar-refractivity contribution is -0.127. The number of hydrogen-bond donors (Lipinski definition) is 1. The summed E-state index contributed by atoms with van der Waals surface area (Å²) in [5.74, 6) is -0.356. The number of hydrogen-bond acceptors (Lipinski definition) is 4. The summed E-state index contributed by atoms with van der Waals surface area (Å²) < 4.78 is 13.6. The Hall–Kier alpha value is -3.64. The third-order valence-electron chi connectivity index (χ3n) is 6.48. The molecule has 2 aromatic heterocycles. The highest BCUT2D eigenvalue weighted by atomic mass is 19.1. The number of rotatable bonds is 6. The first-order valence-corrected chi connectivity index (χ1v) is 11.7. The number of nitrogens with zero attached hydrogens (tertiary/aromatic N) is 3. The van der Waals surface area contributed by atoms with E-state index in [-0.39, 0.29) is 17.6 Å². The van der Waals surface area contributed by atoms with Crippen LogP contribution in [-0.4, -0.2) is 33.9 Å². The number of halogens is 1. The first kappa shape index (κ1) is 22.2. The Labute approximate surface area is 198 Å². The van der Waals surface area contributed by atoms with Gasteiger partial charge in [-0.3, -0.25) is 19.7 Å². The van der Waals surface area contributed by atoms with Gasteiger partial charge in [-0.25, -0.2) is 4.39 Å². The number of aromatic nitrogens is 2. The number of benzene rings is 2. The number of nitrogens with one attached hydrogen (secondary N) is 1. The van der Waals surface area contributed by atoms with Gasteiger partial charge in [0.15, 0.2) is 0 Å². The Morgan fingerprint density at radius 2 is 1.74 bits per heavy atom. The Kier molecular flexibility index (Phi) is 6.58. The second kappa shape index (κ2) is 10.1. The highest BCUT2D eigenvalue weighted by Crippen LogP contribution is 2.26. The highest BCUT2D eigenvalue weighted by Gasteiger charge is 2.28. The monoisotopic (exact) mass is 454 g/mol. The summed E-state index contributed by atoms with van der Waals surface area (Å²) in [5, 5.41) is 4.25. The molecule has 0 bridgehead atoms.